The molecule has 0 unspecified atom stereocenters. The average Bonchev–Trinajstić information content (AvgIpc) is 3.35. The van der Waals surface area contributed by atoms with Gasteiger partial charge in [0, 0.05) is 31.6 Å². The van der Waals surface area contributed by atoms with E-state index in [1.54, 1.807) is 47.8 Å². The first-order valence-electron chi connectivity index (χ1n) is 8.73. The molecule has 4 rings (SSSR count). The molecule has 2 aromatic carbocycles. The van der Waals surface area contributed by atoms with Crippen LogP contribution in [0, 0.1) is 0 Å². The first-order valence-corrected chi connectivity index (χ1v) is 9.93. The predicted molar refractivity (Wildman–Crippen MR) is 113 cm³/mol. The normalized spacial score (nSPS) is 13.9. The Kier molecular flexibility index (Phi) is 5.28. The number of hydrogen-bond acceptors (Lipinski definition) is 4. The molecule has 0 spiro atoms. The summed E-state index contributed by atoms with van der Waals surface area (Å²) >= 11 is 7.82. The third-order valence-corrected chi connectivity index (χ3v) is 5.78. The first-order chi connectivity index (χ1) is 13.6. The number of thiophene rings is 1. The lowest BCUT2D eigenvalue weighted by Gasteiger charge is -2.13. The summed E-state index contributed by atoms with van der Waals surface area (Å²) in [5, 5.41) is 0.702. The van der Waals surface area contributed by atoms with Crippen LogP contribution < -0.4 is 4.90 Å². The van der Waals surface area contributed by atoms with Crippen molar-refractivity contribution in [2.24, 2.45) is 0 Å². The molecule has 0 N–H and O–H groups in total. The van der Waals surface area contributed by atoms with E-state index in [-0.39, 0.29) is 11.9 Å². The Morgan fingerprint density at radius 3 is 2.75 bits per heavy atom. The van der Waals surface area contributed by atoms with Gasteiger partial charge in [-0.25, -0.2) is 4.79 Å². The summed E-state index contributed by atoms with van der Waals surface area (Å²) in [5.74, 6) is -0.123. The van der Waals surface area contributed by atoms with E-state index in [1.807, 2.05) is 36.4 Å². The molecule has 2 heterocycles. The van der Waals surface area contributed by atoms with E-state index >= 15 is 0 Å². The van der Waals surface area contributed by atoms with Gasteiger partial charge in [0.1, 0.15) is 6.61 Å². The fourth-order valence-corrected chi connectivity index (χ4v) is 4.20. The van der Waals surface area contributed by atoms with Gasteiger partial charge in [0.05, 0.1) is 6.54 Å². The second kappa shape index (κ2) is 8.00. The van der Waals surface area contributed by atoms with E-state index in [4.69, 9.17) is 16.3 Å². The van der Waals surface area contributed by atoms with Crippen LogP contribution in [0.4, 0.5) is 10.5 Å². The average molecular weight is 410 g/mol. The van der Waals surface area contributed by atoms with E-state index in [9.17, 15) is 9.59 Å². The molecule has 4 nitrogen and oxygen atoms in total. The molecule has 0 bridgehead atoms. The first kappa shape index (κ1) is 18.5. The molecule has 28 heavy (non-hydrogen) atoms. The second-order valence-corrected chi connectivity index (χ2v) is 7.72. The van der Waals surface area contributed by atoms with Gasteiger partial charge in [-0.2, -0.15) is 0 Å². The number of cyclic esters (lactones) is 1. The number of hydrogen-bond donors (Lipinski definition) is 0. The molecule has 1 aromatic heterocycles. The Hall–Kier alpha value is -2.89. The lowest BCUT2D eigenvalue weighted by atomic mass is 10.1. The third kappa shape index (κ3) is 3.86. The standard InChI is InChI=1S/C22H16ClNO3S/c23-19-7-2-1-6-18(19)21-11-9-17(28-21)8-10-20(25)15-4-3-5-16(14-15)24-12-13-27-22(24)26/h1-11,14H,12-13H2. The number of anilines is 1. The molecule has 0 atom stereocenters. The Labute approximate surface area is 171 Å². The van der Waals surface area contributed by atoms with Crippen LogP contribution in [0.2, 0.25) is 5.02 Å². The van der Waals surface area contributed by atoms with Crippen LogP contribution in [0.5, 0.6) is 0 Å². The van der Waals surface area contributed by atoms with Crippen molar-refractivity contribution in [2.75, 3.05) is 18.1 Å². The number of halogens is 1. The van der Waals surface area contributed by atoms with Crippen LogP contribution in [-0.2, 0) is 4.74 Å². The number of rotatable bonds is 5. The molecule has 140 valence electrons. The van der Waals surface area contributed by atoms with Crippen molar-refractivity contribution in [3.63, 3.8) is 0 Å². The minimum absolute atomic E-state index is 0.123. The summed E-state index contributed by atoms with van der Waals surface area (Å²) in [5.41, 5.74) is 2.17. The van der Waals surface area contributed by atoms with Gasteiger partial charge in [0.25, 0.3) is 0 Å². The summed E-state index contributed by atoms with van der Waals surface area (Å²) in [4.78, 5) is 27.8. The lowest BCUT2D eigenvalue weighted by Crippen LogP contribution is -2.23. The highest BCUT2D eigenvalue weighted by Gasteiger charge is 2.23. The Bertz CT molecular complexity index is 1070. The molecule has 0 aliphatic carbocycles. The molecular weight excluding hydrogens is 394 g/mol. The van der Waals surface area contributed by atoms with Crippen molar-refractivity contribution < 1.29 is 14.3 Å². The molecule has 1 amide bonds. The van der Waals surface area contributed by atoms with Crippen molar-refractivity contribution in [1.82, 2.24) is 0 Å². The molecule has 6 heteroatoms. The highest BCUT2D eigenvalue weighted by molar-refractivity contribution is 7.16. The van der Waals surface area contributed by atoms with Gasteiger partial charge in [-0.3, -0.25) is 9.69 Å². The molecule has 1 aliphatic rings. The van der Waals surface area contributed by atoms with Gasteiger partial charge in [0.15, 0.2) is 5.78 Å². The van der Waals surface area contributed by atoms with E-state index in [1.165, 1.54) is 4.90 Å². The molecule has 0 radical (unpaired) electrons. The van der Waals surface area contributed by atoms with E-state index in [0.29, 0.717) is 29.4 Å². The van der Waals surface area contributed by atoms with Gasteiger partial charge in [-0.05, 0) is 42.5 Å². The minimum Gasteiger partial charge on any atom is -0.447 e. The number of carbonyl (C=O) groups excluding carboxylic acids is 2. The SMILES string of the molecule is O=C(C=Cc1ccc(-c2ccccc2Cl)s1)c1cccc(N2CCOC2=O)c1. The van der Waals surface area contributed by atoms with Crippen LogP contribution in [0.1, 0.15) is 15.2 Å². The zero-order valence-electron chi connectivity index (χ0n) is 14.8. The molecule has 0 saturated carbocycles. The Morgan fingerprint density at radius 1 is 1.11 bits per heavy atom. The number of allylic oxidation sites excluding steroid dienone is 1. The van der Waals surface area contributed by atoms with Crippen molar-refractivity contribution in [1.29, 1.82) is 0 Å². The van der Waals surface area contributed by atoms with Crippen LogP contribution in [0.25, 0.3) is 16.5 Å². The largest absolute Gasteiger partial charge is 0.447 e. The Balaban J connectivity index is 1.51. The molecule has 1 saturated heterocycles. The van der Waals surface area contributed by atoms with Crippen molar-refractivity contribution >= 4 is 46.6 Å². The zero-order chi connectivity index (χ0) is 19.5. The predicted octanol–water partition coefficient (Wildman–Crippen LogP) is 5.92. The lowest BCUT2D eigenvalue weighted by molar-refractivity contribution is 0.104. The van der Waals surface area contributed by atoms with Crippen LogP contribution in [0.15, 0.2) is 66.7 Å². The van der Waals surface area contributed by atoms with Crippen LogP contribution >= 0.6 is 22.9 Å². The zero-order valence-corrected chi connectivity index (χ0v) is 16.4. The fraction of sp³-hybridized carbons (Fsp3) is 0.0909. The monoisotopic (exact) mass is 409 g/mol. The van der Waals surface area contributed by atoms with Gasteiger partial charge >= 0.3 is 6.09 Å². The summed E-state index contributed by atoms with van der Waals surface area (Å²) in [6.07, 6.45) is 2.96. The summed E-state index contributed by atoms with van der Waals surface area (Å²) in [7, 11) is 0. The number of ketones is 1. The van der Waals surface area contributed by atoms with Gasteiger partial charge in [-0.1, -0.05) is 41.9 Å². The summed E-state index contributed by atoms with van der Waals surface area (Å²) in [6, 6.07) is 18.6. The van der Waals surface area contributed by atoms with Gasteiger partial charge in [0.2, 0.25) is 0 Å². The molecule has 1 fully saturated rings. The smallest absolute Gasteiger partial charge is 0.414 e. The number of amides is 1. The van der Waals surface area contributed by atoms with Crippen LogP contribution in [0.3, 0.4) is 0 Å². The van der Waals surface area contributed by atoms with Crippen molar-refractivity contribution in [3.8, 4) is 10.4 Å². The fourth-order valence-electron chi connectivity index (χ4n) is 2.96. The second-order valence-electron chi connectivity index (χ2n) is 6.20. The third-order valence-electron chi connectivity index (χ3n) is 4.37. The Morgan fingerprint density at radius 2 is 1.96 bits per heavy atom. The number of carbonyl (C=O) groups is 2. The molecule has 3 aromatic rings. The number of benzene rings is 2. The maximum Gasteiger partial charge on any atom is 0.414 e. The quantitative estimate of drug-likeness (QED) is 0.388. The number of nitrogens with zero attached hydrogens (tertiary/aromatic N) is 1. The van der Waals surface area contributed by atoms with E-state index in [2.05, 4.69) is 0 Å². The highest BCUT2D eigenvalue weighted by Crippen LogP contribution is 2.33. The van der Waals surface area contributed by atoms with E-state index in [0.717, 1.165) is 15.3 Å². The van der Waals surface area contributed by atoms with Crippen molar-refractivity contribution in [2.45, 2.75) is 0 Å². The molecular formula is C22H16ClNO3S. The van der Waals surface area contributed by atoms with Gasteiger partial charge in [-0.15, -0.1) is 11.3 Å². The minimum atomic E-state index is -0.383. The maximum atomic E-state index is 12.6. The maximum absolute atomic E-state index is 12.6. The van der Waals surface area contributed by atoms with Gasteiger partial charge < -0.3 is 4.74 Å². The highest BCUT2D eigenvalue weighted by atomic mass is 35.5. The van der Waals surface area contributed by atoms with E-state index < -0.39 is 0 Å². The summed E-state index contributed by atoms with van der Waals surface area (Å²) < 4.78 is 4.95. The molecule has 1 aliphatic heterocycles. The topological polar surface area (TPSA) is 46.6 Å². The van der Waals surface area contributed by atoms with Crippen LogP contribution in [-0.4, -0.2) is 25.0 Å². The van der Waals surface area contributed by atoms with Crippen molar-refractivity contribution in [3.05, 3.63) is 82.2 Å². The number of ether oxygens (including phenoxy) is 1. The summed E-state index contributed by atoms with van der Waals surface area (Å²) in [6.45, 7) is 0.857.